The Bertz CT molecular complexity index is 686. The third kappa shape index (κ3) is 4.00. The number of aryl methyl sites for hydroxylation is 1. The Labute approximate surface area is 127 Å². The Morgan fingerprint density at radius 1 is 1.14 bits per heavy atom. The van der Waals surface area contributed by atoms with Crippen LogP contribution in [0.25, 0.3) is 0 Å². The van der Waals surface area contributed by atoms with E-state index in [1.54, 1.807) is 30.3 Å². The van der Waals surface area contributed by atoms with E-state index in [1.165, 1.54) is 12.1 Å². The van der Waals surface area contributed by atoms with Gasteiger partial charge in [0.1, 0.15) is 5.82 Å². The summed E-state index contributed by atoms with van der Waals surface area (Å²) in [7, 11) is 0. The van der Waals surface area contributed by atoms with Crippen LogP contribution in [0.4, 0.5) is 15.8 Å². The van der Waals surface area contributed by atoms with E-state index in [1.807, 2.05) is 6.92 Å². The number of nitrogens with two attached hydrogens (primary N) is 1. The van der Waals surface area contributed by atoms with Crippen LogP contribution in [0, 0.1) is 12.7 Å². The fourth-order valence-corrected chi connectivity index (χ4v) is 1.96. The largest absolute Gasteiger partial charge is 0.366 e. The van der Waals surface area contributed by atoms with Crippen LogP contribution in [0.3, 0.4) is 0 Å². The summed E-state index contributed by atoms with van der Waals surface area (Å²) < 4.78 is 13.2. The lowest BCUT2D eigenvalue weighted by Gasteiger charge is -2.12. The minimum atomic E-state index is -0.488. The third-order valence-corrected chi connectivity index (χ3v) is 3.08. The summed E-state index contributed by atoms with van der Waals surface area (Å²) in [6.45, 7) is 1.85. The van der Waals surface area contributed by atoms with E-state index in [4.69, 9.17) is 18.0 Å². The lowest BCUT2D eigenvalue weighted by atomic mass is 10.2. The summed E-state index contributed by atoms with van der Waals surface area (Å²) in [6, 6.07) is 11.0. The van der Waals surface area contributed by atoms with Crippen LogP contribution in [-0.4, -0.2) is 11.0 Å². The van der Waals surface area contributed by atoms with Crippen LogP contribution < -0.4 is 16.4 Å². The van der Waals surface area contributed by atoms with E-state index in [-0.39, 0.29) is 5.82 Å². The Morgan fingerprint density at radius 2 is 1.81 bits per heavy atom. The Balaban J connectivity index is 2.04. The van der Waals surface area contributed by atoms with Crippen molar-refractivity contribution in [2.24, 2.45) is 5.73 Å². The van der Waals surface area contributed by atoms with Crippen LogP contribution in [0.15, 0.2) is 42.5 Å². The number of halogens is 1. The number of amides is 1. The molecule has 2 rings (SSSR count). The van der Waals surface area contributed by atoms with Gasteiger partial charge in [0.05, 0.1) is 0 Å². The first kappa shape index (κ1) is 14.9. The number of hydrogen-bond donors (Lipinski definition) is 3. The maximum Gasteiger partial charge on any atom is 0.248 e. The van der Waals surface area contributed by atoms with E-state index in [2.05, 4.69) is 10.6 Å². The molecule has 4 nitrogen and oxygen atoms in total. The molecule has 0 unspecified atom stereocenters. The smallest absolute Gasteiger partial charge is 0.248 e. The van der Waals surface area contributed by atoms with Crippen molar-refractivity contribution in [1.29, 1.82) is 0 Å². The molecule has 2 aromatic rings. The predicted octanol–water partition coefficient (Wildman–Crippen LogP) is 3.04. The Morgan fingerprint density at radius 3 is 2.43 bits per heavy atom. The molecule has 4 N–H and O–H groups in total. The number of anilines is 2. The highest BCUT2D eigenvalue weighted by molar-refractivity contribution is 7.80. The summed E-state index contributed by atoms with van der Waals surface area (Å²) in [4.78, 5) is 11.0. The number of thiocarbonyl (C=S) groups is 1. The van der Waals surface area contributed by atoms with Gasteiger partial charge in [-0.3, -0.25) is 4.79 Å². The van der Waals surface area contributed by atoms with Crippen molar-refractivity contribution >= 4 is 34.6 Å². The van der Waals surface area contributed by atoms with Gasteiger partial charge in [-0.2, -0.15) is 0 Å². The molecule has 0 heterocycles. The maximum atomic E-state index is 13.2. The number of primary amides is 1. The molecule has 0 atom stereocenters. The maximum absolute atomic E-state index is 13.2. The molecular weight excluding hydrogens is 289 g/mol. The van der Waals surface area contributed by atoms with Gasteiger partial charge in [-0.25, -0.2) is 4.39 Å². The fourth-order valence-electron chi connectivity index (χ4n) is 1.73. The molecule has 6 heteroatoms. The van der Waals surface area contributed by atoms with Crippen molar-refractivity contribution in [3.05, 3.63) is 59.4 Å². The van der Waals surface area contributed by atoms with E-state index < -0.39 is 5.91 Å². The summed E-state index contributed by atoms with van der Waals surface area (Å²) in [5.74, 6) is -0.825. The lowest BCUT2D eigenvalue weighted by Crippen LogP contribution is -2.20. The second-order valence-electron chi connectivity index (χ2n) is 4.48. The first-order valence-electron chi connectivity index (χ1n) is 6.20. The van der Waals surface area contributed by atoms with Crippen molar-refractivity contribution in [3.8, 4) is 0 Å². The van der Waals surface area contributed by atoms with Crippen LogP contribution in [0.1, 0.15) is 15.9 Å². The molecule has 0 aliphatic rings. The first-order valence-corrected chi connectivity index (χ1v) is 6.60. The van der Waals surface area contributed by atoms with E-state index in [0.717, 1.165) is 5.56 Å². The molecule has 108 valence electrons. The number of carbonyl (C=O) groups is 1. The standard InChI is InChI=1S/C15H14FN3OS/c1-9-2-5-11(16)8-13(9)19-15(21)18-12-6-3-10(4-7-12)14(17)20/h2-8H,1H3,(H2,17,20)(H2,18,19,21). The van der Waals surface area contributed by atoms with Gasteiger partial charge < -0.3 is 16.4 Å². The van der Waals surface area contributed by atoms with Crippen molar-refractivity contribution in [2.75, 3.05) is 10.6 Å². The van der Waals surface area contributed by atoms with Crippen LogP contribution in [0.5, 0.6) is 0 Å². The molecule has 2 aromatic carbocycles. The van der Waals surface area contributed by atoms with E-state index in [9.17, 15) is 9.18 Å². The molecule has 0 spiro atoms. The summed E-state index contributed by atoms with van der Waals surface area (Å²) in [5, 5.41) is 6.20. The van der Waals surface area contributed by atoms with E-state index in [0.29, 0.717) is 22.1 Å². The highest BCUT2D eigenvalue weighted by atomic mass is 32.1. The minimum absolute atomic E-state index is 0.329. The summed E-state index contributed by atoms with van der Waals surface area (Å²) >= 11 is 5.17. The average molecular weight is 303 g/mol. The van der Waals surface area contributed by atoms with Gasteiger partial charge in [0.15, 0.2) is 5.11 Å². The molecule has 0 saturated carbocycles. The van der Waals surface area contributed by atoms with Crippen molar-refractivity contribution in [1.82, 2.24) is 0 Å². The molecular formula is C15H14FN3OS. The van der Waals surface area contributed by atoms with Crippen molar-refractivity contribution < 1.29 is 9.18 Å². The number of nitrogens with one attached hydrogen (secondary N) is 2. The SMILES string of the molecule is Cc1ccc(F)cc1NC(=S)Nc1ccc(C(N)=O)cc1. The van der Waals surface area contributed by atoms with Gasteiger partial charge in [-0.1, -0.05) is 6.07 Å². The fraction of sp³-hybridized carbons (Fsp3) is 0.0667. The van der Waals surface area contributed by atoms with Gasteiger partial charge in [0.25, 0.3) is 0 Å². The number of hydrogen-bond acceptors (Lipinski definition) is 2. The molecule has 0 fully saturated rings. The molecule has 21 heavy (non-hydrogen) atoms. The molecule has 0 aliphatic carbocycles. The molecule has 0 radical (unpaired) electrons. The van der Waals surface area contributed by atoms with Crippen molar-refractivity contribution in [2.45, 2.75) is 6.92 Å². The number of carbonyl (C=O) groups excluding carboxylic acids is 1. The average Bonchev–Trinajstić information content (AvgIpc) is 2.43. The normalized spacial score (nSPS) is 10.0. The molecule has 0 bridgehead atoms. The second kappa shape index (κ2) is 6.32. The van der Waals surface area contributed by atoms with Crippen molar-refractivity contribution in [3.63, 3.8) is 0 Å². The first-order chi connectivity index (χ1) is 9.95. The molecule has 0 aromatic heterocycles. The Kier molecular flexibility index (Phi) is 4.49. The zero-order valence-corrected chi connectivity index (χ0v) is 12.1. The summed E-state index contributed by atoms with van der Waals surface area (Å²) in [6.07, 6.45) is 0. The molecule has 0 saturated heterocycles. The number of benzene rings is 2. The van der Waals surface area contributed by atoms with Crippen LogP contribution >= 0.6 is 12.2 Å². The minimum Gasteiger partial charge on any atom is -0.366 e. The zero-order valence-electron chi connectivity index (χ0n) is 11.3. The Hall–Kier alpha value is -2.47. The molecule has 1 amide bonds. The predicted molar refractivity (Wildman–Crippen MR) is 85.9 cm³/mol. The highest BCUT2D eigenvalue weighted by Crippen LogP contribution is 2.17. The van der Waals surface area contributed by atoms with Gasteiger partial charge in [0, 0.05) is 16.9 Å². The van der Waals surface area contributed by atoms with Gasteiger partial charge in [0.2, 0.25) is 5.91 Å². The highest BCUT2D eigenvalue weighted by Gasteiger charge is 2.04. The zero-order chi connectivity index (χ0) is 15.4. The monoisotopic (exact) mass is 303 g/mol. The lowest BCUT2D eigenvalue weighted by molar-refractivity contribution is 0.100. The van der Waals surface area contributed by atoms with Gasteiger partial charge in [-0.05, 0) is 61.1 Å². The van der Waals surface area contributed by atoms with Crippen LogP contribution in [0.2, 0.25) is 0 Å². The topological polar surface area (TPSA) is 67.2 Å². The number of rotatable bonds is 3. The quantitative estimate of drug-likeness (QED) is 0.762. The van der Waals surface area contributed by atoms with E-state index >= 15 is 0 Å². The molecule has 0 aliphatic heterocycles. The van der Waals surface area contributed by atoms with Gasteiger partial charge in [-0.15, -0.1) is 0 Å². The second-order valence-corrected chi connectivity index (χ2v) is 4.89. The van der Waals surface area contributed by atoms with Crippen LogP contribution in [-0.2, 0) is 0 Å². The summed E-state index contributed by atoms with van der Waals surface area (Å²) in [5.41, 5.74) is 7.76. The van der Waals surface area contributed by atoms with Gasteiger partial charge >= 0.3 is 0 Å². The third-order valence-electron chi connectivity index (χ3n) is 2.88.